The Balaban J connectivity index is 2.70. The van der Waals surface area contributed by atoms with Gasteiger partial charge in [-0.05, 0) is 38.6 Å². The summed E-state index contributed by atoms with van der Waals surface area (Å²) in [6.45, 7) is 10.0. The summed E-state index contributed by atoms with van der Waals surface area (Å²) in [6.07, 6.45) is 7.11. The van der Waals surface area contributed by atoms with Crippen molar-refractivity contribution in [2.75, 3.05) is 40.0 Å². The summed E-state index contributed by atoms with van der Waals surface area (Å²) in [5, 5.41) is 0. The Kier molecular flexibility index (Phi) is 7.97. The van der Waals surface area contributed by atoms with Crippen molar-refractivity contribution in [3.63, 3.8) is 0 Å². The third-order valence-corrected chi connectivity index (χ3v) is 4.03. The number of ether oxygens (including phenoxy) is 2. The first-order valence-electron chi connectivity index (χ1n) is 8.09. The molecule has 1 fully saturated rings. The second-order valence-electron chi connectivity index (χ2n) is 6.25. The van der Waals surface area contributed by atoms with Crippen LogP contribution in [0.1, 0.15) is 40.0 Å². The highest BCUT2D eigenvalue weighted by Crippen LogP contribution is 2.35. The predicted molar refractivity (Wildman–Crippen MR) is 85.2 cm³/mol. The Morgan fingerprint density at radius 2 is 2.19 bits per heavy atom. The minimum absolute atomic E-state index is 0.0559. The summed E-state index contributed by atoms with van der Waals surface area (Å²) in [7, 11) is 1.69. The third-order valence-electron chi connectivity index (χ3n) is 4.03. The average Bonchev–Trinajstić information content (AvgIpc) is 2.45. The van der Waals surface area contributed by atoms with Crippen LogP contribution in [0.4, 0.5) is 0 Å². The number of carbonyl (C=O) groups excluding carboxylic acids is 1. The molecule has 4 heteroatoms. The lowest BCUT2D eigenvalue weighted by atomic mass is 9.77. The molecule has 0 saturated carbocycles. The fourth-order valence-electron chi connectivity index (χ4n) is 2.92. The molecule has 0 aromatic heterocycles. The van der Waals surface area contributed by atoms with Crippen molar-refractivity contribution in [2.24, 2.45) is 11.3 Å². The van der Waals surface area contributed by atoms with Crippen LogP contribution in [0.5, 0.6) is 0 Å². The number of esters is 1. The lowest BCUT2D eigenvalue weighted by Gasteiger charge is -2.40. The molecule has 1 heterocycles. The van der Waals surface area contributed by atoms with Crippen LogP contribution in [0.25, 0.3) is 0 Å². The van der Waals surface area contributed by atoms with E-state index in [0.717, 1.165) is 38.9 Å². The molecule has 0 aromatic carbocycles. The lowest BCUT2D eigenvalue weighted by Crippen LogP contribution is -2.49. The van der Waals surface area contributed by atoms with Crippen LogP contribution in [-0.2, 0) is 14.3 Å². The van der Waals surface area contributed by atoms with E-state index >= 15 is 0 Å². The fourth-order valence-corrected chi connectivity index (χ4v) is 2.92. The number of allylic oxidation sites excluding steroid dienone is 1. The fraction of sp³-hybridized carbons (Fsp3) is 0.824. The highest BCUT2D eigenvalue weighted by atomic mass is 16.5. The van der Waals surface area contributed by atoms with Gasteiger partial charge in [-0.1, -0.05) is 26.0 Å². The zero-order valence-corrected chi connectivity index (χ0v) is 14.1. The molecule has 1 unspecified atom stereocenters. The number of likely N-dealkylation sites (tertiary alicyclic amines) is 1. The second-order valence-corrected chi connectivity index (χ2v) is 6.25. The van der Waals surface area contributed by atoms with E-state index in [1.807, 2.05) is 6.92 Å². The number of rotatable bonds is 8. The number of hydrogen-bond donors (Lipinski definition) is 0. The van der Waals surface area contributed by atoms with E-state index in [4.69, 9.17) is 9.47 Å². The molecule has 0 aliphatic carbocycles. The summed E-state index contributed by atoms with van der Waals surface area (Å²) in [4.78, 5) is 14.8. The zero-order chi connectivity index (χ0) is 15.7. The maximum absolute atomic E-state index is 12.4. The molecule has 1 saturated heterocycles. The third kappa shape index (κ3) is 5.79. The maximum Gasteiger partial charge on any atom is 0.313 e. The average molecular weight is 297 g/mol. The quantitative estimate of drug-likeness (QED) is 0.510. The minimum Gasteiger partial charge on any atom is -0.466 e. The van der Waals surface area contributed by atoms with Gasteiger partial charge >= 0.3 is 5.97 Å². The molecule has 0 radical (unpaired) electrons. The van der Waals surface area contributed by atoms with E-state index in [1.165, 1.54) is 0 Å². The standard InChI is InChI=1S/C17H31NO3/c1-5-21-16(19)17(10-13-20-4)9-7-12-18(14-17)11-6-8-15(2)3/h6,8,15H,5,7,9-14H2,1-4H3. The Morgan fingerprint density at radius 3 is 2.81 bits per heavy atom. The Morgan fingerprint density at radius 1 is 1.43 bits per heavy atom. The van der Waals surface area contributed by atoms with Gasteiger partial charge in [-0.25, -0.2) is 0 Å². The van der Waals surface area contributed by atoms with Gasteiger partial charge in [-0.15, -0.1) is 0 Å². The topological polar surface area (TPSA) is 38.8 Å². The van der Waals surface area contributed by atoms with Crippen molar-refractivity contribution in [3.05, 3.63) is 12.2 Å². The SMILES string of the molecule is CCOC(=O)C1(CCOC)CCCN(CC=CC(C)C)C1. The van der Waals surface area contributed by atoms with Gasteiger partial charge in [0.05, 0.1) is 12.0 Å². The first kappa shape index (κ1) is 18.2. The van der Waals surface area contributed by atoms with Gasteiger partial charge in [0.2, 0.25) is 0 Å². The summed E-state index contributed by atoms with van der Waals surface area (Å²) in [5.74, 6) is 0.512. The van der Waals surface area contributed by atoms with Crippen molar-refractivity contribution >= 4 is 5.97 Å². The van der Waals surface area contributed by atoms with Crippen LogP contribution in [0, 0.1) is 11.3 Å². The van der Waals surface area contributed by atoms with Crippen molar-refractivity contribution in [2.45, 2.75) is 40.0 Å². The van der Waals surface area contributed by atoms with E-state index in [2.05, 4.69) is 30.9 Å². The van der Waals surface area contributed by atoms with Gasteiger partial charge in [0, 0.05) is 26.8 Å². The molecule has 0 bridgehead atoms. The molecule has 0 N–H and O–H groups in total. The van der Waals surface area contributed by atoms with Crippen LogP contribution < -0.4 is 0 Å². The van der Waals surface area contributed by atoms with Crippen molar-refractivity contribution < 1.29 is 14.3 Å². The van der Waals surface area contributed by atoms with Gasteiger partial charge in [0.15, 0.2) is 0 Å². The van der Waals surface area contributed by atoms with E-state index in [9.17, 15) is 4.79 Å². The molecule has 1 aliphatic rings. The molecule has 0 aromatic rings. The number of methoxy groups -OCH3 is 1. The highest BCUT2D eigenvalue weighted by molar-refractivity contribution is 5.77. The smallest absolute Gasteiger partial charge is 0.313 e. The lowest BCUT2D eigenvalue weighted by molar-refractivity contribution is -0.160. The van der Waals surface area contributed by atoms with E-state index in [0.29, 0.717) is 19.1 Å². The normalized spacial score (nSPS) is 23.9. The molecule has 1 atom stereocenters. The molecule has 1 aliphatic heterocycles. The van der Waals surface area contributed by atoms with Gasteiger partial charge in [0.25, 0.3) is 0 Å². The first-order chi connectivity index (χ1) is 10.0. The van der Waals surface area contributed by atoms with Crippen LogP contribution >= 0.6 is 0 Å². The van der Waals surface area contributed by atoms with Crippen LogP contribution in [0.2, 0.25) is 0 Å². The monoisotopic (exact) mass is 297 g/mol. The second kappa shape index (κ2) is 9.21. The number of hydrogen-bond acceptors (Lipinski definition) is 4. The Hall–Kier alpha value is -0.870. The molecular weight excluding hydrogens is 266 g/mol. The highest BCUT2D eigenvalue weighted by Gasteiger charge is 2.42. The zero-order valence-electron chi connectivity index (χ0n) is 14.1. The summed E-state index contributed by atoms with van der Waals surface area (Å²) < 4.78 is 10.5. The van der Waals surface area contributed by atoms with Crippen LogP contribution in [-0.4, -0.2) is 50.8 Å². The number of piperidine rings is 1. The van der Waals surface area contributed by atoms with E-state index < -0.39 is 5.41 Å². The summed E-state index contributed by atoms with van der Waals surface area (Å²) in [5.41, 5.74) is -0.393. The van der Waals surface area contributed by atoms with Gasteiger partial charge in [-0.2, -0.15) is 0 Å². The molecular formula is C17H31NO3. The van der Waals surface area contributed by atoms with Crippen LogP contribution in [0.15, 0.2) is 12.2 Å². The van der Waals surface area contributed by atoms with Crippen molar-refractivity contribution in [3.8, 4) is 0 Å². The first-order valence-corrected chi connectivity index (χ1v) is 8.09. The van der Waals surface area contributed by atoms with Gasteiger partial charge < -0.3 is 9.47 Å². The number of nitrogens with zero attached hydrogens (tertiary/aromatic N) is 1. The van der Waals surface area contributed by atoms with Crippen molar-refractivity contribution in [1.82, 2.24) is 4.90 Å². The molecule has 21 heavy (non-hydrogen) atoms. The molecule has 122 valence electrons. The minimum atomic E-state index is -0.393. The number of carbonyl (C=O) groups is 1. The summed E-state index contributed by atoms with van der Waals surface area (Å²) in [6, 6.07) is 0. The van der Waals surface area contributed by atoms with E-state index in [-0.39, 0.29) is 5.97 Å². The maximum atomic E-state index is 12.4. The molecule has 4 nitrogen and oxygen atoms in total. The molecule has 1 rings (SSSR count). The van der Waals surface area contributed by atoms with Crippen molar-refractivity contribution in [1.29, 1.82) is 0 Å². The Bertz CT molecular complexity index is 341. The Labute approximate surface area is 129 Å². The van der Waals surface area contributed by atoms with Crippen LogP contribution in [0.3, 0.4) is 0 Å². The predicted octanol–water partition coefficient (Wildman–Crippen LogP) is 2.88. The van der Waals surface area contributed by atoms with Gasteiger partial charge in [0.1, 0.15) is 0 Å². The summed E-state index contributed by atoms with van der Waals surface area (Å²) >= 11 is 0. The molecule has 0 spiro atoms. The molecule has 0 amide bonds. The van der Waals surface area contributed by atoms with E-state index in [1.54, 1.807) is 7.11 Å². The van der Waals surface area contributed by atoms with Gasteiger partial charge in [-0.3, -0.25) is 9.69 Å². The largest absolute Gasteiger partial charge is 0.466 e.